The summed E-state index contributed by atoms with van der Waals surface area (Å²) in [6.45, 7) is 14.5. The minimum absolute atomic E-state index is 0.111. The number of nitrogens with zero attached hydrogens (tertiary/aromatic N) is 1. The minimum Gasteiger partial charge on any atom is -0.444 e. The third kappa shape index (κ3) is 4.95. The van der Waals surface area contributed by atoms with Crippen LogP contribution in [-0.4, -0.2) is 43.0 Å². The first-order valence-electron chi connectivity index (χ1n) is 8.83. The summed E-state index contributed by atoms with van der Waals surface area (Å²) in [4.78, 5) is 14.4. The first kappa shape index (κ1) is 19.7. The predicted molar refractivity (Wildman–Crippen MR) is 105 cm³/mol. The minimum atomic E-state index is -1.72. The van der Waals surface area contributed by atoms with Crippen LogP contribution in [0.4, 0.5) is 4.79 Å². The molecule has 0 N–H and O–H groups in total. The fraction of sp³-hybridized carbons (Fsp3) is 0.550. The maximum absolute atomic E-state index is 12.7. The molecule has 0 spiro atoms. The Morgan fingerprint density at radius 1 is 1.28 bits per heavy atom. The molecule has 138 valence electrons. The van der Waals surface area contributed by atoms with Crippen molar-refractivity contribution >= 4 is 19.4 Å². The second-order valence-corrected chi connectivity index (χ2v) is 13.0. The number of amides is 1. The van der Waals surface area contributed by atoms with E-state index in [0.717, 1.165) is 0 Å². The Labute approximate surface area is 152 Å². The van der Waals surface area contributed by atoms with Gasteiger partial charge in [-0.2, -0.15) is 0 Å². The summed E-state index contributed by atoms with van der Waals surface area (Å²) in [6.07, 6.45) is 1.79. The lowest BCUT2D eigenvalue weighted by Gasteiger charge is -2.34. The van der Waals surface area contributed by atoms with Crippen molar-refractivity contribution in [2.75, 3.05) is 6.61 Å². The Morgan fingerprint density at radius 3 is 2.44 bits per heavy atom. The van der Waals surface area contributed by atoms with Crippen LogP contribution in [0.2, 0.25) is 13.1 Å². The van der Waals surface area contributed by atoms with Crippen LogP contribution >= 0.6 is 0 Å². The van der Waals surface area contributed by atoms with Crippen molar-refractivity contribution in [3.05, 3.63) is 42.1 Å². The van der Waals surface area contributed by atoms with Gasteiger partial charge in [-0.3, -0.25) is 4.90 Å². The molecule has 1 aliphatic rings. The number of rotatable bonds is 3. The van der Waals surface area contributed by atoms with E-state index in [4.69, 9.17) is 9.47 Å². The average Bonchev–Trinajstić information content (AvgIpc) is 2.79. The van der Waals surface area contributed by atoms with E-state index in [0.29, 0.717) is 6.61 Å². The van der Waals surface area contributed by atoms with Gasteiger partial charge in [-0.1, -0.05) is 60.4 Å². The molecule has 1 saturated heterocycles. The zero-order valence-electron chi connectivity index (χ0n) is 16.5. The van der Waals surface area contributed by atoms with Crippen LogP contribution < -0.4 is 5.19 Å². The van der Waals surface area contributed by atoms with E-state index in [1.807, 2.05) is 40.7 Å². The summed E-state index contributed by atoms with van der Waals surface area (Å²) < 4.78 is 11.4. The number of benzene rings is 1. The maximum Gasteiger partial charge on any atom is 0.413 e. The molecule has 5 heteroatoms. The second-order valence-electron chi connectivity index (χ2n) is 8.62. The number of ether oxygens (including phenoxy) is 2. The molecule has 0 aromatic heterocycles. The van der Waals surface area contributed by atoms with Gasteiger partial charge in [-0.25, -0.2) is 4.79 Å². The summed E-state index contributed by atoms with van der Waals surface area (Å²) >= 11 is 0. The molecule has 1 amide bonds. The molecule has 4 nitrogen and oxygen atoms in total. The number of hydrogen-bond donors (Lipinski definition) is 0. The van der Waals surface area contributed by atoms with Gasteiger partial charge < -0.3 is 9.47 Å². The molecule has 0 bridgehead atoms. The Hall–Kier alpha value is -1.59. The Bertz CT molecular complexity index is 632. The lowest BCUT2D eigenvalue weighted by molar-refractivity contribution is -0.0610. The molecule has 1 fully saturated rings. The molecule has 1 aromatic carbocycles. The Kier molecular flexibility index (Phi) is 5.49. The van der Waals surface area contributed by atoms with E-state index in [1.54, 1.807) is 4.90 Å². The largest absolute Gasteiger partial charge is 0.444 e. The first-order valence-corrected chi connectivity index (χ1v) is 11.9. The van der Waals surface area contributed by atoms with Crippen LogP contribution in [0, 0.1) is 0 Å². The monoisotopic (exact) mass is 361 g/mol. The lowest BCUT2D eigenvalue weighted by atomic mass is 10.2. The number of carbonyl (C=O) groups is 1. The van der Waals surface area contributed by atoms with Crippen molar-refractivity contribution in [2.24, 2.45) is 0 Å². The van der Waals surface area contributed by atoms with Gasteiger partial charge in [0.15, 0.2) is 0 Å². The third-order valence-electron chi connectivity index (χ3n) is 4.36. The first-order chi connectivity index (χ1) is 11.4. The van der Waals surface area contributed by atoms with Crippen LogP contribution in [0.15, 0.2) is 42.1 Å². The predicted octanol–water partition coefficient (Wildman–Crippen LogP) is 4.07. The van der Waals surface area contributed by atoms with Crippen molar-refractivity contribution < 1.29 is 14.3 Å². The molecule has 0 aliphatic carbocycles. The summed E-state index contributed by atoms with van der Waals surface area (Å²) in [5, 5.41) is 1.37. The highest BCUT2D eigenvalue weighted by molar-refractivity contribution is 6.93. The van der Waals surface area contributed by atoms with Crippen LogP contribution in [0.5, 0.6) is 0 Å². The fourth-order valence-electron chi connectivity index (χ4n) is 2.96. The van der Waals surface area contributed by atoms with E-state index in [2.05, 4.69) is 49.1 Å². The quantitative estimate of drug-likeness (QED) is 0.762. The highest BCUT2D eigenvalue weighted by Gasteiger charge is 2.44. The van der Waals surface area contributed by atoms with E-state index >= 15 is 0 Å². The normalized spacial score (nSPS) is 20.9. The standard InChI is InChI=1S/C20H31NO3Si/c1-19(2,3)24-18(22)21-16(15-23-20(21,4)5)13-14-25(6,7)17-11-9-8-10-12-17/h8-14,16H,15H2,1-7H3/t16-/m1/s1. The van der Waals surface area contributed by atoms with Gasteiger partial charge in [0.1, 0.15) is 19.4 Å². The third-order valence-corrected chi connectivity index (χ3v) is 7.21. The maximum atomic E-state index is 12.7. The molecule has 25 heavy (non-hydrogen) atoms. The van der Waals surface area contributed by atoms with Gasteiger partial charge in [0.05, 0.1) is 12.6 Å². The molecule has 0 saturated carbocycles. The smallest absolute Gasteiger partial charge is 0.413 e. The van der Waals surface area contributed by atoms with Crippen LogP contribution in [0.25, 0.3) is 0 Å². The Morgan fingerprint density at radius 2 is 1.88 bits per heavy atom. The van der Waals surface area contributed by atoms with Gasteiger partial charge in [-0.15, -0.1) is 0 Å². The Balaban J connectivity index is 2.21. The van der Waals surface area contributed by atoms with Crippen LogP contribution in [-0.2, 0) is 9.47 Å². The van der Waals surface area contributed by atoms with Gasteiger partial charge in [0.2, 0.25) is 0 Å². The average molecular weight is 362 g/mol. The van der Waals surface area contributed by atoms with E-state index < -0.39 is 19.4 Å². The molecule has 1 atom stereocenters. The van der Waals surface area contributed by atoms with E-state index in [-0.39, 0.29) is 12.1 Å². The SMILES string of the molecule is CC(C)(C)OC(=O)N1[C@H](C=C[Si](C)(C)c2ccccc2)COC1(C)C. The summed E-state index contributed by atoms with van der Waals surface area (Å²) in [7, 11) is -1.72. The molecular formula is C20H31NO3Si. The highest BCUT2D eigenvalue weighted by Crippen LogP contribution is 2.30. The zero-order valence-corrected chi connectivity index (χ0v) is 17.5. The molecule has 0 radical (unpaired) electrons. The van der Waals surface area contributed by atoms with E-state index in [1.165, 1.54) is 5.19 Å². The van der Waals surface area contributed by atoms with Gasteiger partial charge in [-0.05, 0) is 34.6 Å². The van der Waals surface area contributed by atoms with E-state index in [9.17, 15) is 4.79 Å². The van der Waals surface area contributed by atoms with Crippen molar-refractivity contribution in [2.45, 2.75) is 65.1 Å². The van der Waals surface area contributed by atoms with Crippen molar-refractivity contribution in [3.63, 3.8) is 0 Å². The van der Waals surface area contributed by atoms with Gasteiger partial charge in [0, 0.05) is 0 Å². The molecule has 1 aliphatic heterocycles. The van der Waals surface area contributed by atoms with Crippen LogP contribution in [0.3, 0.4) is 0 Å². The number of hydrogen-bond acceptors (Lipinski definition) is 3. The molecular weight excluding hydrogens is 330 g/mol. The lowest BCUT2D eigenvalue weighted by Crippen LogP contribution is -2.49. The summed E-state index contributed by atoms with van der Waals surface area (Å²) in [5.41, 5.74) is 1.09. The second kappa shape index (κ2) is 6.96. The fourth-order valence-corrected chi connectivity index (χ4v) is 4.90. The number of carbonyl (C=O) groups excluding carboxylic acids is 1. The van der Waals surface area contributed by atoms with Crippen LogP contribution in [0.1, 0.15) is 34.6 Å². The van der Waals surface area contributed by atoms with Gasteiger partial charge in [0.25, 0.3) is 0 Å². The summed E-state index contributed by atoms with van der Waals surface area (Å²) in [6, 6.07) is 10.4. The molecule has 0 unspecified atom stereocenters. The zero-order chi connectivity index (χ0) is 18.9. The summed E-state index contributed by atoms with van der Waals surface area (Å²) in [5.74, 6) is 0. The van der Waals surface area contributed by atoms with Crippen molar-refractivity contribution in [1.82, 2.24) is 4.90 Å². The van der Waals surface area contributed by atoms with Crippen molar-refractivity contribution in [3.8, 4) is 0 Å². The highest BCUT2D eigenvalue weighted by atomic mass is 28.3. The topological polar surface area (TPSA) is 38.8 Å². The molecule has 1 aromatic rings. The molecule has 1 heterocycles. The van der Waals surface area contributed by atoms with Gasteiger partial charge >= 0.3 is 6.09 Å². The molecule has 2 rings (SSSR count). The van der Waals surface area contributed by atoms with Crippen molar-refractivity contribution in [1.29, 1.82) is 0 Å².